The van der Waals surface area contributed by atoms with Crippen molar-refractivity contribution in [1.29, 1.82) is 0 Å². The molecule has 1 heterocycles. The van der Waals surface area contributed by atoms with E-state index in [2.05, 4.69) is 32.0 Å². The summed E-state index contributed by atoms with van der Waals surface area (Å²) in [4.78, 5) is 27.3. The van der Waals surface area contributed by atoms with Gasteiger partial charge in [0, 0.05) is 0 Å². The van der Waals surface area contributed by atoms with Gasteiger partial charge < -0.3 is 4.42 Å². The molecule has 2 aromatic rings. The highest BCUT2D eigenvalue weighted by molar-refractivity contribution is 14.1. The summed E-state index contributed by atoms with van der Waals surface area (Å²) >= 11 is 2.15. The lowest BCUT2D eigenvalue weighted by Gasteiger charge is -2.09. The van der Waals surface area contributed by atoms with Crippen LogP contribution >= 0.6 is 22.6 Å². The Balaban J connectivity index is 0.000000771. The minimum Gasteiger partial charge on any atom is -0.372 e. The van der Waals surface area contributed by atoms with Crippen LogP contribution in [0.15, 0.2) is 20.1 Å². The minimum atomic E-state index is -0.706. The number of hydrogen-bond donors (Lipinski definition) is 1. The summed E-state index contributed by atoms with van der Waals surface area (Å²) in [5, 5.41) is 0.491. The van der Waals surface area contributed by atoms with Crippen molar-refractivity contribution in [3.8, 4) is 0 Å². The first-order valence-corrected chi connectivity index (χ1v) is 7.74. The fourth-order valence-electron chi connectivity index (χ4n) is 2.03. The number of benzene rings is 1. The summed E-state index contributed by atoms with van der Waals surface area (Å²) in [5.74, 6) is -0.706. The molecule has 1 aromatic carbocycles. The lowest BCUT2D eigenvalue weighted by molar-refractivity contribution is 0.459. The molecule has 4 nitrogen and oxygen atoms in total. The summed E-state index contributed by atoms with van der Waals surface area (Å²) in [5.41, 5.74) is 3.08. The second-order valence-electron chi connectivity index (χ2n) is 3.88. The van der Waals surface area contributed by atoms with Crippen LogP contribution in [0, 0.1) is 13.8 Å². The van der Waals surface area contributed by atoms with Crippen molar-refractivity contribution in [1.82, 2.24) is 4.98 Å². The number of halogens is 1. The molecule has 98 valence electrons. The molecule has 1 N–H and O–H groups in total. The van der Waals surface area contributed by atoms with Crippen molar-refractivity contribution in [3.05, 3.63) is 43.7 Å². The predicted molar refractivity (Wildman–Crippen MR) is 81.9 cm³/mol. The number of aryl methyl sites for hydroxylation is 2. The molecule has 0 radical (unpaired) electrons. The molecule has 0 unspecified atom stereocenters. The molecule has 0 bridgehead atoms. The highest BCUT2D eigenvalue weighted by Crippen LogP contribution is 2.21. The molecule has 0 aliphatic carbocycles. The van der Waals surface area contributed by atoms with Crippen molar-refractivity contribution >= 4 is 33.5 Å². The SMILES string of the molecule is CCc1c(C)c(C)cc2[nH]c(=O)oc(=O)c12.CI. The van der Waals surface area contributed by atoms with Gasteiger partial charge in [0.2, 0.25) is 0 Å². The van der Waals surface area contributed by atoms with Gasteiger partial charge in [-0.1, -0.05) is 29.5 Å². The topological polar surface area (TPSA) is 63.1 Å². The monoisotopic (exact) mass is 361 g/mol. The van der Waals surface area contributed by atoms with Crippen LogP contribution in [-0.2, 0) is 6.42 Å². The molecule has 0 saturated carbocycles. The average molecular weight is 361 g/mol. The lowest BCUT2D eigenvalue weighted by Crippen LogP contribution is -2.16. The van der Waals surface area contributed by atoms with E-state index in [4.69, 9.17) is 0 Å². The van der Waals surface area contributed by atoms with Crippen LogP contribution in [0.25, 0.3) is 10.9 Å². The smallest absolute Gasteiger partial charge is 0.372 e. The molecule has 0 atom stereocenters. The molecule has 5 heteroatoms. The molecular formula is C13H16INO3. The Morgan fingerprint density at radius 1 is 1.28 bits per heavy atom. The summed E-state index contributed by atoms with van der Waals surface area (Å²) in [6, 6.07) is 1.81. The number of hydrogen-bond acceptors (Lipinski definition) is 3. The van der Waals surface area contributed by atoms with Gasteiger partial charge in [0.1, 0.15) is 0 Å². The third kappa shape index (κ3) is 2.66. The zero-order chi connectivity index (χ0) is 13.9. The third-order valence-corrected chi connectivity index (χ3v) is 2.96. The Kier molecular flexibility index (Phi) is 5.13. The molecule has 0 aliphatic heterocycles. The van der Waals surface area contributed by atoms with Crippen LogP contribution in [0.2, 0.25) is 0 Å². The van der Waals surface area contributed by atoms with Gasteiger partial charge in [-0.3, -0.25) is 4.98 Å². The first kappa shape index (κ1) is 14.9. The molecule has 1 aromatic heterocycles. The van der Waals surface area contributed by atoms with Gasteiger partial charge in [-0.2, -0.15) is 0 Å². The summed E-state index contributed by atoms with van der Waals surface area (Å²) in [6.45, 7) is 5.91. The maximum Gasteiger partial charge on any atom is 0.419 e. The van der Waals surface area contributed by atoms with Crippen LogP contribution in [0.5, 0.6) is 0 Å². The molecular weight excluding hydrogens is 345 g/mol. The zero-order valence-electron chi connectivity index (χ0n) is 10.9. The Bertz CT molecular complexity index is 670. The Morgan fingerprint density at radius 3 is 2.44 bits per heavy atom. The second-order valence-corrected chi connectivity index (χ2v) is 3.88. The van der Waals surface area contributed by atoms with Crippen molar-refractivity contribution in [3.63, 3.8) is 0 Å². The molecule has 0 spiro atoms. The van der Waals surface area contributed by atoms with Gasteiger partial charge in [0.25, 0.3) is 0 Å². The van der Waals surface area contributed by atoms with Gasteiger partial charge in [-0.05, 0) is 48.0 Å². The van der Waals surface area contributed by atoms with Crippen LogP contribution in [0.3, 0.4) is 0 Å². The Morgan fingerprint density at radius 2 is 1.89 bits per heavy atom. The van der Waals surface area contributed by atoms with Crippen molar-refractivity contribution in [2.75, 3.05) is 4.93 Å². The van der Waals surface area contributed by atoms with E-state index < -0.39 is 11.4 Å². The van der Waals surface area contributed by atoms with E-state index >= 15 is 0 Å². The van der Waals surface area contributed by atoms with Crippen LogP contribution < -0.4 is 11.4 Å². The van der Waals surface area contributed by atoms with Crippen molar-refractivity contribution in [2.24, 2.45) is 0 Å². The number of aromatic amines is 1. The van der Waals surface area contributed by atoms with E-state index in [1.165, 1.54) is 0 Å². The van der Waals surface area contributed by atoms with Gasteiger partial charge in [0.15, 0.2) is 0 Å². The minimum absolute atomic E-state index is 0.491. The zero-order valence-corrected chi connectivity index (χ0v) is 13.0. The van der Waals surface area contributed by atoms with Crippen LogP contribution in [0.1, 0.15) is 23.6 Å². The van der Waals surface area contributed by atoms with Gasteiger partial charge in [-0.25, -0.2) is 9.59 Å². The largest absolute Gasteiger partial charge is 0.419 e. The standard InChI is InChI=1S/C12H13NO3.CH3I/c1-4-8-7(3)6(2)5-9-10(8)11(14)16-12(15)13-9;1-2/h5H,4H2,1-3H3,(H,13,15);1H3. The molecule has 18 heavy (non-hydrogen) atoms. The summed E-state index contributed by atoms with van der Waals surface area (Å²) < 4.78 is 4.56. The van der Waals surface area contributed by atoms with Crippen LogP contribution in [-0.4, -0.2) is 9.91 Å². The van der Waals surface area contributed by atoms with E-state index in [9.17, 15) is 9.59 Å². The highest BCUT2D eigenvalue weighted by Gasteiger charge is 2.11. The fourth-order valence-corrected chi connectivity index (χ4v) is 2.03. The Labute approximate surface area is 119 Å². The summed E-state index contributed by atoms with van der Waals surface area (Å²) in [7, 11) is 0. The number of nitrogens with one attached hydrogen (secondary N) is 1. The summed E-state index contributed by atoms with van der Waals surface area (Å²) in [6.07, 6.45) is 0.737. The van der Waals surface area contributed by atoms with E-state index in [-0.39, 0.29) is 0 Å². The Hall–Kier alpha value is -1.11. The number of aromatic nitrogens is 1. The molecule has 2 rings (SSSR count). The number of rotatable bonds is 1. The first-order valence-electron chi connectivity index (χ1n) is 5.58. The maximum absolute atomic E-state index is 11.7. The van der Waals surface area contributed by atoms with Crippen LogP contribution in [0.4, 0.5) is 0 Å². The predicted octanol–water partition coefficient (Wildman–Crippen LogP) is 2.71. The average Bonchev–Trinajstić information content (AvgIpc) is 2.34. The van der Waals surface area contributed by atoms with Gasteiger partial charge >= 0.3 is 11.4 Å². The number of alkyl halides is 1. The normalized spacial score (nSPS) is 10.1. The quantitative estimate of drug-likeness (QED) is 0.628. The lowest BCUT2D eigenvalue weighted by atomic mass is 9.97. The van der Waals surface area contributed by atoms with E-state index in [1.54, 1.807) is 0 Å². The van der Waals surface area contributed by atoms with E-state index in [1.807, 2.05) is 31.8 Å². The maximum atomic E-state index is 11.7. The highest BCUT2D eigenvalue weighted by atomic mass is 127. The molecule has 0 saturated heterocycles. The van der Waals surface area contributed by atoms with Gasteiger partial charge in [0.05, 0.1) is 10.9 Å². The first-order chi connectivity index (χ1) is 8.54. The number of H-pyrrole nitrogens is 1. The van der Waals surface area contributed by atoms with Crippen molar-refractivity contribution < 1.29 is 4.42 Å². The molecule has 0 amide bonds. The third-order valence-electron chi connectivity index (χ3n) is 2.96. The number of fused-ring (bicyclic) bond motifs is 1. The molecule has 0 aliphatic rings. The second kappa shape index (κ2) is 6.17. The van der Waals surface area contributed by atoms with E-state index in [0.717, 1.165) is 23.1 Å². The van der Waals surface area contributed by atoms with Crippen molar-refractivity contribution in [2.45, 2.75) is 27.2 Å². The fraction of sp³-hybridized carbons (Fsp3) is 0.385. The van der Waals surface area contributed by atoms with Gasteiger partial charge in [-0.15, -0.1) is 0 Å². The van der Waals surface area contributed by atoms with E-state index in [0.29, 0.717) is 10.9 Å². The molecule has 0 fully saturated rings.